The number of nitrogens with zero attached hydrogens (tertiary/aromatic N) is 3. The van der Waals surface area contributed by atoms with E-state index in [2.05, 4.69) is 9.89 Å². The molecular weight excluding hydrogens is 506 g/mol. The fraction of sp³-hybridized carbons (Fsp3) is 0.393. The Hall–Kier alpha value is -3.79. The standard InChI is InChI=1S/C28H31N3O6S/c1-5-36-27(33)24-17(2)29-28-31(25(24)20-11-9-18(34-3)15-21(20)35-4)26(32)22(38-28)16-19-10-12-23(37-19)30-13-7-6-8-14-30/h9-12,15-16,25H,5-8,13-14H2,1-4H3/b22-16+. The van der Waals surface area contributed by atoms with Gasteiger partial charge in [-0.2, -0.15) is 0 Å². The van der Waals surface area contributed by atoms with Crippen LogP contribution >= 0.6 is 11.3 Å². The first-order valence-electron chi connectivity index (χ1n) is 12.7. The van der Waals surface area contributed by atoms with Crippen LogP contribution in [0.25, 0.3) is 6.08 Å². The Morgan fingerprint density at radius 2 is 1.95 bits per heavy atom. The predicted molar refractivity (Wildman–Crippen MR) is 145 cm³/mol. The zero-order chi connectivity index (χ0) is 26.8. The van der Waals surface area contributed by atoms with Crippen LogP contribution in [0.5, 0.6) is 11.5 Å². The molecule has 0 spiro atoms. The Bertz CT molecular complexity index is 1560. The summed E-state index contributed by atoms with van der Waals surface area (Å²) < 4.78 is 24.5. The molecule has 3 aromatic rings. The van der Waals surface area contributed by atoms with Crippen molar-refractivity contribution >= 4 is 29.3 Å². The molecule has 2 aliphatic heterocycles. The van der Waals surface area contributed by atoms with Crippen LogP contribution < -0.4 is 29.3 Å². The third kappa shape index (κ3) is 4.76. The minimum atomic E-state index is -0.784. The molecular formula is C28H31N3O6S. The highest BCUT2D eigenvalue weighted by atomic mass is 32.1. The number of methoxy groups -OCH3 is 2. The first-order chi connectivity index (χ1) is 18.4. The number of fused-ring (bicyclic) bond motifs is 1. The van der Waals surface area contributed by atoms with Gasteiger partial charge in [0, 0.05) is 36.9 Å². The Morgan fingerprint density at radius 1 is 1.16 bits per heavy atom. The molecule has 4 heterocycles. The number of rotatable bonds is 7. The van der Waals surface area contributed by atoms with E-state index in [0.29, 0.717) is 43.4 Å². The number of allylic oxidation sites excluding steroid dienone is 1. The van der Waals surface area contributed by atoms with Gasteiger partial charge in [-0.25, -0.2) is 9.79 Å². The van der Waals surface area contributed by atoms with Gasteiger partial charge in [0.1, 0.15) is 23.3 Å². The maximum Gasteiger partial charge on any atom is 0.338 e. The van der Waals surface area contributed by atoms with Crippen molar-refractivity contribution in [3.63, 3.8) is 0 Å². The molecule has 38 heavy (non-hydrogen) atoms. The van der Waals surface area contributed by atoms with Crippen molar-refractivity contribution in [3.05, 3.63) is 72.6 Å². The lowest BCUT2D eigenvalue weighted by molar-refractivity contribution is -0.139. The first kappa shape index (κ1) is 25.8. The maximum atomic E-state index is 13.9. The summed E-state index contributed by atoms with van der Waals surface area (Å²) in [7, 11) is 3.11. The number of hydrogen-bond acceptors (Lipinski definition) is 9. The van der Waals surface area contributed by atoms with Crippen LogP contribution in [-0.2, 0) is 9.53 Å². The quantitative estimate of drug-likeness (QED) is 0.427. The molecule has 0 aliphatic carbocycles. The summed E-state index contributed by atoms with van der Waals surface area (Å²) in [6, 6.07) is 8.35. The molecule has 0 bridgehead atoms. The maximum absolute atomic E-state index is 13.9. The average Bonchev–Trinajstić information content (AvgIpc) is 3.52. The Kier molecular flexibility index (Phi) is 7.42. The van der Waals surface area contributed by atoms with Crippen LogP contribution in [0.3, 0.4) is 0 Å². The number of aromatic nitrogens is 1. The molecule has 2 aromatic heterocycles. The number of furan rings is 1. The molecule has 10 heteroatoms. The van der Waals surface area contributed by atoms with E-state index in [9.17, 15) is 9.59 Å². The van der Waals surface area contributed by atoms with Gasteiger partial charge >= 0.3 is 5.97 Å². The van der Waals surface area contributed by atoms with Gasteiger partial charge < -0.3 is 23.5 Å². The van der Waals surface area contributed by atoms with Crippen LogP contribution in [0.15, 0.2) is 55.8 Å². The number of thiazole rings is 1. The lowest BCUT2D eigenvalue weighted by Gasteiger charge is -2.26. The second-order valence-electron chi connectivity index (χ2n) is 9.13. The monoisotopic (exact) mass is 537 g/mol. The Balaban J connectivity index is 1.64. The highest BCUT2D eigenvalue weighted by Crippen LogP contribution is 2.37. The largest absolute Gasteiger partial charge is 0.497 e. The van der Waals surface area contributed by atoms with Crippen LogP contribution in [0, 0.1) is 0 Å². The number of esters is 1. The SMILES string of the molecule is CCOC(=O)C1=C(C)N=c2s/c(=C/c3ccc(N4CCCCC4)o3)c(=O)n2C1c1ccc(OC)cc1OC. The molecule has 1 atom stereocenters. The van der Waals surface area contributed by atoms with E-state index in [1.165, 1.54) is 22.3 Å². The summed E-state index contributed by atoms with van der Waals surface area (Å²) in [5.41, 5.74) is 1.13. The van der Waals surface area contributed by atoms with Crippen LogP contribution in [0.4, 0.5) is 5.88 Å². The molecule has 0 saturated carbocycles. The second kappa shape index (κ2) is 10.9. The topological polar surface area (TPSA) is 95.5 Å². The third-order valence-electron chi connectivity index (χ3n) is 6.81. The highest BCUT2D eigenvalue weighted by Gasteiger charge is 2.35. The van der Waals surface area contributed by atoms with E-state index in [1.807, 2.05) is 12.1 Å². The normalized spacial score (nSPS) is 17.7. The van der Waals surface area contributed by atoms with E-state index < -0.39 is 12.0 Å². The van der Waals surface area contributed by atoms with Crippen LogP contribution in [-0.4, -0.2) is 44.5 Å². The smallest absolute Gasteiger partial charge is 0.338 e. The van der Waals surface area contributed by atoms with Crippen LogP contribution in [0.1, 0.15) is 50.5 Å². The number of anilines is 1. The number of hydrogen-bond donors (Lipinski definition) is 0. The number of carbonyl (C=O) groups is 1. The molecule has 1 saturated heterocycles. The minimum absolute atomic E-state index is 0.199. The molecule has 9 nitrogen and oxygen atoms in total. The van der Waals surface area contributed by atoms with E-state index >= 15 is 0 Å². The summed E-state index contributed by atoms with van der Waals surface area (Å²) in [5, 5.41) is 0. The van der Waals surface area contributed by atoms with Crippen molar-refractivity contribution in [2.45, 2.75) is 39.2 Å². The number of ether oxygens (including phenoxy) is 3. The third-order valence-corrected chi connectivity index (χ3v) is 7.79. The number of piperidine rings is 1. The van der Waals surface area contributed by atoms with Gasteiger partial charge in [-0.15, -0.1) is 0 Å². The summed E-state index contributed by atoms with van der Waals surface area (Å²) in [5.74, 6) is 1.96. The number of benzene rings is 1. The lowest BCUT2D eigenvalue weighted by Crippen LogP contribution is -2.40. The van der Waals surface area contributed by atoms with E-state index in [4.69, 9.17) is 18.6 Å². The van der Waals surface area contributed by atoms with E-state index in [0.717, 1.165) is 31.8 Å². The highest BCUT2D eigenvalue weighted by molar-refractivity contribution is 7.07. The molecule has 2 aliphatic rings. The van der Waals surface area contributed by atoms with Crippen molar-refractivity contribution in [1.29, 1.82) is 0 Å². The molecule has 0 radical (unpaired) electrons. The lowest BCUT2D eigenvalue weighted by atomic mass is 9.95. The first-order valence-corrected chi connectivity index (χ1v) is 13.5. The van der Waals surface area contributed by atoms with Gasteiger partial charge in [0.05, 0.1) is 36.6 Å². The minimum Gasteiger partial charge on any atom is -0.497 e. The second-order valence-corrected chi connectivity index (χ2v) is 10.1. The summed E-state index contributed by atoms with van der Waals surface area (Å²) in [6.07, 6.45) is 5.26. The molecule has 5 rings (SSSR count). The van der Waals surface area contributed by atoms with Crippen molar-refractivity contribution in [1.82, 2.24) is 4.57 Å². The van der Waals surface area contributed by atoms with Gasteiger partial charge in [0.15, 0.2) is 10.7 Å². The van der Waals surface area contributed by atoms with Gasteiger partial charge in [-0.1, -0.05) is 11.3 Å². The fourth-order valence-electron chi connectivity index (χ4n) is 4.96. The average molecular weight is 538 g/mol. The zero-order valence-corrected chi connectivity index (χ0v) is 22.8. The van der Waals surface area contributed by atoms with Gasteiger partial charge in [0.2, 0.25) is 0 Å². The Morgan fingerprint density at radius 3 is 2.66 bits per heavy atom. The molecule has 0 amide bonds. The van der Waals surface area contributed by atoms with Crippen molar-refractivity contribution in [2.24, 2.45) is 4.99 Å². The molecule has 0 N–H and O–H groups in total. The zero-order valence-electron chi connectivity index (χ0n) is 22.0. The Labute approximate surface area is 224 Å². The van der Waals surface area contributed by atoms with E-state index in [-0.39, 0.29) is 12.2 Å². The fourth-order valence-corrected chi connectivity index (χ4v) is 5.99. The van der Waals surface area contributed by atoms with Crippen LogP contribution in [0.2, 0.25) is 0 Å². The van der Waals surface area contributed by atoms with Gasteiger partial charge in [-0.05, 0) is 51.3 Å². The van der Waals surface area contributed by atoms with Gasteiger partial charge in [-0.3, -0.25) is 9.36 Å². The van der Waals surface area contributed by atoms with Gasteiger partial charge in [0.25, 0.3) is 5.56 Å². The summed E-state index contributed by atoms with van der Waals surface area (Å²) in [6.45, 7) is 5.63. The summed E-state index contributed by atoms with van der Waals surface area (Å²) in [4.78, 5) is 34.3. The predicted octanol–water partition coefficient (Wildman–Crippen LogP) is 3.40. The molecule has 1 aromatic carbocycles. The molecule has 200 valence electrons. The molecule has 1 fully saturated rings. The molecule has 1 unspecified atom stereocenters. The summed E-state index contributed by atoms with van der Waals surface area (Å²) >= 11 is 1.25. The van der Waals surface area contributed by atoms with Crippen molar-refractivity contribution in [2.75, 3.05) is 38.8 Å². The van der Waals surface area contributed by atoms with E-state index in [1.54, 1.807) is 52.3 Å². The van der Waals surface area contributed by atoms with Crippen molar-refractivity contribution < 1.29 is 23.4 Å². The number of carbonyl (C=O) groups excluding carboxylic acids is 1. The van der Waals surface area contributed by atoms with Crippen molar-refractivity contribution in [3.8, 4) is 11.5 Å².